The molecule has 1 aliphatic heterocycles. The van der Waals surface area contributed by atoms with Crippen LogP contribution >= 0.6 is 0 Å². The van der Waals surface area contributed by atoms with Crippen molar-refractivity contribution in [3.05, 3.63) is 35.6 Å². The zero-order valence-electron chi connectivity index (χ0n) is 13.2. The van der Waals surface area contributed by atoms with Crippen molar-refractivity contribution < 1.29 is 22.3 Å². The van der Waals surface area contributed by atoms with Gasteiger partial charge >= 0.3 is 0 Å². The van der Waals surface area contributed by atoms with Crippen LogP contribution in [0.25, 0.3) is 0 Å². The van der Waals surface area contributed by atoms with Crippen LogP contribution in [-0.4, -0.2) is 57.2 Å². The number of sulfonamides is 1. The van der Waals surface area contributed by atoms with Crippen molar-refractivity contribution in [1.82, 2.24) is 9.62 Å². The summed E-state index contributed by atoms with van der Waals surface area (Å²) in [5.74, 6) is -1.09. The first-order chi connectivity index (χ1) is 10.8. The lowest BCUT2D eigenvalue weighted by atomic mass is 9.92. The van der Waals surface area contributed by atoms with Crippen LogP contribution in [0.5, 0.6) is 0 Å². The van der Waals surface area contributed by atoms with E-state index in [1.165, 1.54) is 35.9 Å². The summed E-state index contributed by atoms with van der Waals surface area (Å²) in [4.78, 5) is 12.1. The number of piperidine rings is 1. The second-order valence-electron chi connectivity index (χ2n) is 5.71. The van der Waals surface area contributed by atoms with Crippen molar-refractivity contribution in [2.75, 3.05) is 33.0 Å². The molecule has 0 radical (unpaired) electrons. The summed E-state index contributed by atoms with van der Waals surface area (Å²) >= 11 is 0. The average Bonchev–Trinajstić information content (AvgIpc) is 2.52. The van der Waals surface area contributed by atoms with Gasteiger partial charge in [-0.3, -0.25) is 4.79 Å². The van der Waals surface area contributed by atoms with Gasteiger partial charge < -0.3 is 10.1 Å². The highest BCUT2D eigenvalue weighted by atomic mass is 32.2. The van der Waals surface area contributed by atoms with E-state index in [2.05, 4.69) is 5.32 Å². The Bertz CT molecular complexity index is 670. The molecule has 8 heteroatoms. The number of amides is 1. The van der Waals surface area contributed by atoms with E-state index in [1.54, 1.807) is 6.07 Å². The van der Waals surface area contributed by atoms with Crippen LogP contribution in [0, 0.1) is 5.82 Å². The highest BCUT2D eigenvalue weighted by molar-refractivity contribution is 7.88. The number of hydrogen-bond donors (Lipinski definition) is 1. The fraction of sp³-hybridized carbons (Fsp3) is 0.533. The van der Waals surface area contributed by atoms with Crippen LogP contribution in [0.4, 0.5) is 4.39 Å². The predicted octanol–water partition coefficient (Wildman–Crippen LogP) is 0.996. The summed E-state index contributed by atoms with van der Waals surface area (Å²) in [6.07, 6.45) is 2.11. The number of carbonyl (C=O) groups is 1. The second-order valence-corrected chi connectivity index (χ2v) is 7.69. The van der Waals surface area contributed by atoms with E-state index in [4.69, 9.17) is 4.74 Å². The molecule has 1 fully saturated rings. The van der Waals surface area contributed by atoms with E-state index in [1.807, 2.05) is 0 Å². The molecule has 0 atom stereocenters. The SMILES string of the molecule is COC1(CNC(=O)c2ccccc2F)CCN(S(C)(=O)=O)CC1. The Kier molecular flexibility index (Phi) is 5.38. The Morgan fingerprint density at radius 3 is 2.48 bits per heavy atom. The van der Waals surface area contributed by atoms with Gasteiger partial charge in [-0.25, -0.2) is 17.1 Å². The number of benzene rings is 1. The van der Waals surface area contributed by atoms with Crippen LogP contribution in [0.3, 0.4) is 0 Å². The topological polar surface area (TPSA) is 75.7 Å². The molecule has 1 heterocycles. The molecule has 0 spiro atoms. The molecule has 1 saturated heterocycles. The maximum atomic E-state index is 13.6. The van der Waals surface area contributed by atoms with Crippen LogP contribution < -0.4 is 5.32 Å². The van der Waals surface area contributed by atoms with E-state index < -0.39 is 27.3 Å². The number of rotatable bonds is 5. The van der Waals surface area contributed by atoms with Gasteiger partial charge in [0.05, 0.1) is 17.4 Å². The van der Waals surface area contributed by atoms with Crippen molar-refractivity contribution in [1.29, 1.82) is 0 Å². The number of nitrogens with zero attached hydrogens (tertiary/aromatic N) is 1. The fourth-order valence-electron chi connectivity index (χ4n) is 2.66. The molecule has 1 amide bonds. The highest BCUT2D eigenvalue weighted by Crippen LogP contribution is 2.26. The molecule has 0 aromatic heterocycles. The van der Waals surface area contributed by atoms with Gasteiger partial charge in [0.2, 0.25) is 10.0 Å². The Balaban J connectivity index is 1.98. The monoisotopic (exact) mass is 344 g/mol. The van der Waals surface area contributed by atoms with E-state index in [0.717, 1.165) is 0 Å². The maximum absolute atomic E-state index is 13.6. The lowest BCUT2D eigenvalue weighted by molar-refractivity contribution is -0.0424. The molecule has 1 aromatic carbocycles. The number of ether oxygens (including phenoxy) is 1. The lowest BCUT2D eigenvalue weighted by Gasteiger charge is -2.39. The minimum atomic E-state index is -3.22. The third-order valence-electron chi connectivity index (χ3n) is 4.23. The highest BCUT2D eigenvalue weighted by Gasteiger charge is 2.37. The van der Waals surface area contributed by atoms with Gasteiger partial charge in [-0.15, -0.1) is 0 Å². The van der Waals surface area contributed by atoms with Crippen molar-refractivity contribution in [3.8, 4) is 0 Å². The summed E-state index contributed by atoms with van der Waals surface area (Å²) in [5, 5.41) is 2.68. The van der Waals surface area contributed by atoms with Crippen molar-refractivity contribution in [3.63, 3.8) is 0 Å². The molecular weight excluding hydrogens is 323 g/mol. The number of halogens is 1. The first-order valence-electron chi connectivity index (χ1n) is 7.30. The minimum absolute atomic E-state index is 0.0210. The lowest BCUT2D eigenvalue weighted by Crippen LogP contribution is -2.53. The maximum Gasteiger partial charge on any atom is 0.254 e. The van der Waals surface area contributed by atoms with Gasteiger partial charge in [-0.05, 0) is 25.0 Å². The molecule has 0 aliphatic carbocycles. The fourth-order valence-corrected chi connectivity index (χ4v) is 3.51. The zero-order valence-corrected chi connectivity index (χ0v) is 14.0. The number of hydrogen-bond acceptors (Lipinski definition) is 4. The van der Waals surface area contributed by atoms with Crippen molar-refractivity contribution >= 4 is 15.9 Å². The summed E-state index contributed by atoms with van der Waals surface area (Å²) in [7, 11) is -1.69. The molecule has 1 aliphatic rings. The average molecular weight is 344 g/mol. The Morgan fingerprint density at radius 1 is 1.35 bits per heavy atom. The number of nitrogens with one attached hydrogen (secondary N) is 1. The number of carbonyl (C=O) groups excluding carboxylic acids is 1. The Morgan fingerprint density at radius 2 is 1.96 bits per heavy atom. The second kappa shape index (κ2) is 6.94. The molecule has 1 aromatic rings. The molecule has 0 bridgehead atoms. The summed E-state index contributed by atoms with van der Waals surface area (Å²) in [5.41, 5.74) is -0.658. The van der Waals surface area contributed by atoms with E-state index in [-0.39, 0.29) is 12.1 Å². The van der Waals surface area contributed by atoms with Crippen LogP contribution in [-0.2, 0) is 14.8 Å². The van der Waals surface area contributed by atoms with E-state index in [9.17, 15) is 17.6 Å². The van der Waals surface area contributed by atoms with Gasteiger partial charge in [0, 0.05) is 26.7 Å². The Labute approximate surface area is 135 Å². The van der Waals surface area contributed by atoms with Gasteiger partial charge in [0.1, 0.15) is 5.82 Å². The molecule has 6 nitrogen and oxygen atoms in total. The molecule has 0 saturated carbocycles. The quantitative estimate of drug-likeness (QED) is 0.864. The smallest absolute Gasteiger partial charge is 0.254 e. The first kappa shape index (κ1) is 17.8. The molecular formula is C15H21FN2O4S. The normalized spacial score (nSPS) is 18.6. The molecule has 0 unspecified atom stereocenters. The van der Waals surface area contributed by atoms with Crippen molar-refractivity contribution in [2.45, 2.75) is 18.4 Å². The summed E-state index contributed by atoms with van der Waals surface area (Å²) < 4.78 is 43.6. The largest absolute Gasteiger partial charge is 0.376 e. The van der Waals surface area contributed by atoms with E-state index >= 15 is 0 Å². The standard InChI is InChI=1S/C15H21FN2O4S/c1-22-15(7-9-18(10-8-15)23(2,20)21)11-17-14(19)12-5-3-4-6-13(12)16/h3-6H,7-11H2,1-2H3,(H,17,19). The molecule has 128 valence electrons. The van der Waals surface area contributed by atoms with Gasteiger partial charge in [-0.2, -0.15) is 0 Å². The van der Waals surface area contributed by atoms with Crippen LogP contribution in [0.15, 0.2) is 24.3 Å². The summed E-state index contributed by atoms with van der Waals surface area (Å²) in [6, 6.07) is 5.75. The third kappa shape index (κ3) is 4.27. The van der Waals surface area contributed by atoms with E-state index in [0.29, 0.717) is 25.9 Å². The van der Waals surface area contributed by atoms with Gasteiger partial charge in [0.25, 0.3) is 5.91 Å². The third-order valence-corrected chi connectivity index (χ3v) is 5.53. The molecule has 1 N–H and O–H groups in total. The molecule has 23 heavy (non-hydrogen) atoms. The van der Waals surface area contributed by atoms with Crippen LogP contribution in [0.2, 0.25) is 0 Å². The Hall–Kier alpha value is -1.51. The number of methoxy groups -OCH3 is 1. The van der Waals surface area contributed by atoms with Gasteiger partial charge in [0.15, 0.2) is 0 Å². The first-order valence-corrected chi connectivity index (χ1v) is 9.15. The van der Waals surface area contributed by atoms with Gasteiger partial charge in [-0.1, -0.05) is 12.1 Å². The molecule has 2 rings (SSSR count). The van der Waals surface area contributed by atoms with Crippen molar-refractivity contribution in [2.24, 2.45) is 0 Å². The predicted molar refractivity (Wildman–Crippen MR) is 84.1 cm³/mol. The minimum Gasteiger partial charge on any atom is -0.376 e. The zero-order chi connectivity index (χ0) is 17.1. The summed E-state index contributed by atoms with van der Waals surface area (Å²) in [6.45, 7) is 0.874. The van der Waals surface area contributed by atoms with Crippen LogP contribution in [0.1, 0.15) is 23.2 Å².